The minimum Gasteiger partial charge on any atom is -0.302 e. The van der Waals surface area contributed by atoms with E-state index in [9.17, 15) is 8.42 Å². The van der Waals surface area contributed by atoms with Gasteiger partial charge in [0.15, 0.2) is 0 Å². The zero-order chi connectivity index (χ0) is 16.4. The second kappa shape index (κ2) is 9.77. The van der Waals surface area contributed by atoms with Crippen molar-refractivity contribution in [3.63, 3.8) is 0 Å². The number of hydrogen-bond donors (Lipinski definition) is 1. The van der Waals surface area contributed by atoms with Gasteiger partial charge in [-0.3, -0.25) is 0 Å². The molecular formula is C17H27NO3S. The highest BCUT2D eigenvalue weighted by Gasteiger charge is 2.17. The lowest BCUT2D eigenvalue weighted by atomic mass is 10.1. The van der Waals surface area contributed by atoms with E-state index in [2.05, 4.69) is 6.92 Å². The summed E-state index contributed by atoms with van der Waals surface area (Å²) >= 11 is 0. The Kier molecular flexibility index (Phi) is 8.38. The van der Waals surface area contributed by atoms with Gasteiger partial charge in [0.1, 0.15) is 6.23 Å². The van der Waals surface area contributed by atoms with Gasteiger partial charge < -0.3 is 5.73 Å². The largest absolute Gasteiger partial charge is 0.302 e. The summed E-state index contributed by atoms with van der Waals surface area (Å²) in [7, 11) is -3.81. The Hall–Kier alpha value is -1.17. The maximum atomic E-state index is 12.0. The molecule has 0 saturated carbocycles. The zero-order valence-corrected chi connectivity index (χ0v) is 14.3. The van der Waals surface area contributed by atoms with Crippen molar-refractivity contribution >= 4 is 10.1 Å². The molecule has 2 N–H and O–H groups in total. The average molecular weight is 325 g/mol. The van der Waals surface area contributed by atoms with E-state index < -0.39 is 16.3 Å². The van der Waals surface area contributed by atoms with Crippen LogP contribution in [0.5, 0.6) is 0 Å². The molecule has 0 fully saturated rings. The van der Waals surface area contributed by atoms with Crippen LogP contribution in [0.25, 0.3) is 0 Å². The van der Waals surface area contributed by atoms with Crippen molar-refractivity contribution < 1.29 is 12.6 Å². The molecule has 1 unspecified atom stereocenters. The number of rotatable bonds is 10. The molecule has 0 aliphatic rings. The lowest BCUT2D eigenvalue weighted by Gasteiger charge is -2.09. The molecule has 0 aliphatic carbocycles. The summed E-state index contributed by atoms with van der Waals surface area (Å²) in [5.41, 5.74) is 6.69. The standard InChI is InChI=1S/C17H27NO3S/c1-3-4-5-6-7-8-9-10-17(18)21-22(19,20)16-13-11-15(2)12-14-16/h9-14,17H,3-8,18H2,1-2H3. The van der Waals surface area contributed by atoms with Crippen LogP contribution in [0, 0.1) is 6.92 Å². The molecule has 0 aromatic heterocycles. The molecule has 1 aromatic carbocycles. The van der Waals surface area contributed by atoms with E-state index >= 15 is 0 Å². The van der Waals surface area contributed by atoms with Crippen LogP contribution in [-0.4, -0.2) is 14.6 Å². The third-order valence-electron chi connectivity index (χ3n) is 3.35. The van der Waals surface area contributed by atoms with E-state index in [1.54, 1.807) is 18.2 Å². The highest BCUT2D eigenvalue weighted by molar-refractivity contribution is 7.86. The fourth-order valence-corrected chi connectivity index (χ4v) is 2.97. The Morgan fingerprint density at radius 2 is 1.77 bits per heavy atom. The fraction of sp³-hybridized carbons (Fsp3) is 0.529. The van der Waals surface area contributed by atoms with E-state index in [-0.39, 0.29) is 4.90 Å². The van der Waals surface area contributed by atoms with Crippen LogP contribution in [0.1, 0.15) is 51.0 Å². The number of unbranched alkanes of at least 4 members (excludes halogenated alkanes) is 5. The molecule has 0 amide bonds. The van der Waals surface area contributed by atoms with Gasteiger partial charge in [-0.15, -0.1) is 0 Å². The lowest BCUT2D eigenvalue weighted by Crippen LogP contribution is -2.25. The Morgan fingerprint density at radius 1 is 1.14 bits per heavy atom. The number of hydrogen-bond acceptors (Lipinski definition) is 4. The van der Waals surface area contributed by atoms with E-state index in [4.69, 9.17) is 9.92 Å². The summed E-state index contributed by atoms with van der Waals surface area (Å²) in [4.78, 5) is 0.126. The maximum Gasteiger partial charge on any atom is 0.298 e. The van der Waals surface area contributed by atoms with E-state index in [0.717, 1.165) is 18.4 Å². The maximum absolute atomic E-state index is 12.0. The summed E-state index contributed by atoms with van der Waals surface area (Å²) < 4.78 is 29.0. The second-order valence-corrected chi connectivity index (χ2v) is 7.03. The number of allylic oxidation sites excluding steroid dienone is 1. The van der Waals surface area contributed by atoms with Crippen LogP contribution >= 0.6 is 0 Å². The summed E-state index contributed by atoms with van der Waals surface area (Å²) in [5, 5.41) is 0. The van der Waals surface area contributed by atoms with Crippen molar-refractivity contribution in [2.75, 3.05) is 0 Å². The first-order valence-corrected chi connectivity index (χ1v) is 9.28. The van der Waals surface area contributed by atoms with Crippen molar-refractivity contribution in [3.05, 3.63) is 42.0 Å². The highest BCUT2D eigenvalue weighted by atomic mass is 32.2. The molecule has 1 rings (SSSR count). The van der Waals surface area contributed by atoms with E-state index in [1.165, 1.54) is 37.8 Å². The Balaban J connectivity index is 2.40. The zero-order valence-electron chi connectivity index (χ0n) is 13.5. The van der Waals surface area contributed by atoms with Crippen LogP contribution in [0.3, 0.4) is 0 Å². The minimum absolute atomic E-state index is 0.126. The molecule has 0 heterocycles. The van der Waals surface area contributed by atoms with Crippen LogP contribution < -0.4 is 5.73 Å². The Bertz CT molecular complexity index is 550. The number of aryl methyl sites for hydroxylation is 1. The van der Waals surface area contributed by atoms with E-state index in [1.807, 2.05) is 13.0 Å². The average Bonchev–Trinajstić information content (AvgIpc) is 2.46. The molecule has 1 aromatic rings. The predicted octanol–water partition coefficient (Wildman–Crippen LogP) is 3.90. The van der Waals surface area contributed by atoms with Crippen LogP contribution in [-0.2, 0) is 14.3 Å². The molecule has 0 spiro atoms. The first kappa shape index (κ1) is 18.9. The van der Waals surface area contributed by atoms with Gasteiger partial charge in [-0.25, -0.2) is 4.18 Å². The smallest absolute Gasteiger partial charge is 0.298 e. The molecule has 0 bridgehead atoms. The van der Waals surface area contributed by atoms with Crippen molar-refractivity contribution in [1.29, 1.82) is 0 Å². The predicted molar refractivity (Wildman–Crippen MR) is 89.9 cm³/mol. The quantitative estimate of drug-likeness (QED) is 0.306. The van der Waals surface area contributed by atoms with Crippen molar-refractivity contribution in [3.8, 4) is 0 Å². The third kappa shape index (κ3) is 7.20. The number of nitrogens with two attached hydrogens (primary N) is 1. The summed E-state index contributed by atoms with van der Waals surface area (Å²) in [6, 6.07) is 6.51. The van der Waals surface area contributed by atoms with Gasteiger partial charge in [-0.2, -0.15) is 8.42 Å². The van der Waals surface area contributed by atoms with Gasteiger partial charge in [0.05, 0.1) is 4.90 Å². The van der Waals surface area contributed by atoms with Crippen molar-refractivity contribution in [2.24, 2.45) is 5.73 Å². The van der Waals surface area contributed by atoms with Gasteiger partial charge in [0.2, 0.25) is 0 Å². The Morgan fingerprint density at radius 3 is 2.41 bits per heavy atom. The molecular weight excluding hydrogens is 298 g/mol. The summed E-state index contributed by atoms with van der Waals surface area (Å²) in [5.74, 6) is 0. The molecule has 0 saturated heterocycles. The van der Waals surface area contributed by atoms with Gasteiger partial charge >= 0.3 is 0 Å². The third-order valence-corrected chi connectivity index (χ3v) is 4.67. The Labute approximate surface area is 134 Å². The van der Waals surface area contributed by atoms with Gasteiger partial charge in [0, 0.05) is 0 Å². The van der Waals surface area contributed by atoms with Gasteiger partial charge in [-0.05, 0) is 38.0 Å². The van der Waals surface area contributed by atoms with Crippen LogP contribution in [0.2, 0.25) is 0 Å². The highest BCUT2D eigenvalue weighted by Crippen LogP contribution is 2.14. The molecule has 0 aliphatic heterocycles. The molecule has 124 valence electrons. The minimum atomic E-state index is -3.81. The summed E-state index contributed by atoms with van der Waals surface area (Å²) in [6.07, 6.45) is 9.46. The van der Waals surface area contributed by atoms with Gasteiger partial charge in [-0.1, -0.05) is 56.4 Å². The second-order valence-electron chi connectivity index (χ2n) is 5.46. The molecule has 22 heavy (non-hydrogen) atoms. The first-order valence-electron chi connectivity index (χ1n) is 7.88. The molecule has 1 atom stereocenters. The van der Waals surface area contributed by atoms with Crippen LogP contribution in [0.4, 0.5) is 0 Å². The van der Waals surface area contributed by atoms with E-state index in [0.29, 0.717) is 0 Å². The van der Waals surface area contributed by atoms with Crippen molar-refractivity contribution in [1.82, 2.24) is 0 Å². The molecule has 4 nitrogen and oxygen atoms in total. The van der Waals surface area contributed by atoms with Crippen LogP contribution in [0.15, 0.2) is 41.3 Å². The first-order chi connectivity index (χ1) is 10.5. The molecule has 0 radical (unpaired) electrons. The number of benzene rings is 1. The van der Waals surface area contributed by atoms with Gasteiger partial charge in [0.25, 0.3) is 10.1 Å². The molecule has 5 heteroatoms. The van der Waals surface area contributed by atoms with Crippen molar-refractivity contribution in [2.45, 2.75) is 63.5 Å². The monoisotopic (exact) mass is 325 g/mol. The summed E-state index contributed by atoms with van der Waals surface area (Å²) in [6.45, 7) is 4.08. The normalized spacial score (nSPS) is 13.6. The topological polar surface area (TPSA) is 69.4 Å². The SMILES string of the molecule is CCCCCCCC=CC(N)OS(=O)(=O)c1ccc(C)cc1. The fourth-order valence-electron chi connectivity index (χ4n) is 2.03. The lowest BCUT2D eigenvalue weighted by molar-refractivity contribution is 0.263.